The second-order valence-corrected chi connectivity index (χ2v) is 7.78. The van der Waals surface area contributed by atoms with Gasteiger partial charge in [0, 0.05) is 5.69 Å². The maximum absolute atomic E-state index is 11.7. The molecular weight excluding hydrogens is 306 g/mol. The molecule has 22 heavy (non-hydrogen) atoms. The fourth-order valence-electron chi connectivity index (χ4n) is 2.25. The molecule has 0 radical (unpaired) electrons. The van der Waals surface area contributed by atoms with Gasteiger partial charge in [-0.15, -0.1) is 0 Å². The van der Waals surface area contributed by atoms with Crippen molar-refractivity contribution in [2.75, 3.05) is 23.4 Å². The van der Waals surface area contributed by atoms with E-state index in [2.05, 4.69) is 5.32 Å². The molecule has 1 atom stereocenters. The quantitative estimate of drug-likeness (QED) is 0.841. The van der Waals surface area contributed by atoms with E-state index in [1.165, 1.54) is 0 Å². The minimum atomic E-state index is -3.14. The third kappa shape index (κ3) is 4.30. The van der Waals surface area contributed by atoms with Crippen molar-refractivity contribution in [1.29, 1.82) is 0 Å². The normalized spacial score (nSPS) is 19.6. The third-order valence-corrected chi connectivity index (χ3v) is 5.47. The van der Waals surface area contributed by atoms with Crippen molar-refractivity contribution >= 4 is 27.4 Å². The summed E-state index contributed by atoms with van der Waals surface area (Å²) in [5.41, 5.74) is 2.80. The summed E-state index contributed by atoms with van der Waals surface area (Å²) < 4.78 is 27.5. The van der Waals surface area contributed by atoms with E-state index in [9.17, 15) is 18.0 Å². The molecule has 0 saturated carbocycles. The van der Waals surface area contributed by atoms with Gasteiger partial charge in [0.05, 0.1) is 17.4 Å². The SMILES string of the molecule is Cc1ccc(NC(=O)COC(=O)[C@@H]2CCS(=O)(=O)C2)cc1C. The molecule has 1 saturated heterocycles. The van der Waals surface area contributed by atoms with Gasteiger partial charge in [-0.3, -0.25) is 9.59 Å². The summed E-state index contributed by atoms with van der Waals surface area (Å²) in [5.74, 6) is -1.92. The number of esters is 1. The number of hydrogen-bond acceptors (Lipinski definition) is 5. The molecule has 0 aliphatic carbocycles. The summed E-state index contributed by atoms with van der Waals surface area (Å²) >= 11 is 0. The molecule has 1 aliphatic heterocycles. The van der Waals surface area contributed by atoms with E-state index >= 15 is 0 Å². The van der Waals surface area contributed by atoms with E-state index in [0.29, 0.717) is 5.69 Å². The van der Waals surface area contributed by atoms with Gasteiger partial charge in [0.1, 0.15) is 0 Å². The van der Waals surface area contributed by atoms with Crippen LogP contribution in [0.1, 0.15) is 17.5 Å². The highest BCUT2D eigenvalue weighted by molar-refractivity contribution is 7.91. The van der Waals surface area contributed by atoms with Gasteiger partial charge in [-0.05, 0) is 43.5 Å². The number of sulfone groups is 1. The van der Waals surface area contributed by atoms with E-state index in [4.69, 9.17) is 4.74 Å². The van der Waals surface area contributed by atoms with Crippen molar-refractivity contribution in [3.63, 3.8) is 0 Å². The number of aryl methyl sites for hydroxylation is 2. The summed E-state index contributed by atoms with van der Waals surface area (Å²) in [6.07, 6.45) is 0.264. The average molecular weight is 325 g/mol. The molecule has 6 nitrogen and oxygen atoms in total. The molecule has 120 valence electrons. The van der Waals surface area contributed by atoms with Crippen LogP contribution in [0, 0.1) is 19.8 Å². The highest BCUT2D eigenvalue weighted by Crippen LogP contribution is 2.19. The predicted molar refractivity (Wildman–Crippen MR) is 82.3 cm³/mol. The molecule has 1 N–H and O–H groups in total. The Morgan fingerprint density at radius 2 is 2.00 bits per heavy atom. The number of hydrogen-bond donors (Lipinski definition) is 1. The van der Waals surface area contributed by atoms with Crippen LogP contribution in [0.15, 0.2) is 18.2 Å². The molecule has 1 aliphatic rings. The number of benzene rings is 1. The third-order valence-electron chi connectivity index (χ3n) is 3.70. The highest BCUT2D eigenvalue weighted by atomic mass is 32.2. The van der Waals surface area contributed by atoms with Crippen LogP contribution in [-0.4, -0.2) is 38.4 Å². The Labute approximate surface area is 129 Å². The standard InChI is InChI=1S/C15H19NO5S/c1-10-3-4-13(7-11(10)2)16-14(17)8-21-15(18)12-5-6-22(19,20)9-12/h3-4,7,12H,5-6,8-9H2,1-2H3,(H,16,17)/t12-/m1/s1. The molecule has 0 unspecified atom stereocenters. The van der Waals surface area contributed by atoms with Crippen LogP contribution >= 0.6 is 0 Å². The maximum atomic E-state index is 11.7. The Bertz CT molecular complexity index is 696. The number of amides is 1. The van der Waals surface area contributed by atoms with Gasteiger partial charge in [-0.25, -0.2) is 8.42 Å². The molecule has 1 fully saturated rings. The number of rotatable bonds is 4. The van der Waals surface area contributed by atoms with Gasteiger partial charge in [0.2, 0.25) is 0 Å². The molecular formula is C15H19NO5S. The first-order valence-electron chi connectivity index (χ1n) is 7.01. The van der Waals surface area contributed by atoms with Crippen LogP contribution in [0.4, 0.5) is 5.69 Å². The van der Waals surface area contributed by atoms with Gasteiger partial charge >= 0.3 is 5.97 Å². The van der Waals surface area contributed by atoms with Crippen molar-refractivity contribution < 1.29 is 22.7 Å². The molecule has 1 heterocycles. The molecule has 0 aromatic heterocycles. The average Bonchev–Trinajstić information content (AvgIpc) is 2.81. The Kier molecular flexibility index (Phi) is 4.85. The first-order valence-corrected chi connectivity index (χ1v) is 8.83. The fourth-order valence-corrected chi connectivity index (χ4v) is 3.98. The molecule has 1 aromatic rings. The number of carbonyl (C=O) groups is 2. The van der Waals surface area contributed by atoms with Crippen LogP contribution in [-0.2, 0) is 24.2 Å². The van der Waals surface area contributed by atoms with E-state index < -0.39 is 34.2 Å². The van der Waals surface area contributed by atoms with Gasteiger partial charge in [0.15, 0.2) is 16.4 Å². The summed E-state index contributed by atoms with van der Waals surface area (Å²) in [6.45, 7) is 3.49. The number of ether oxygens (including phenoxy) is 1. The van der Waals surface area contributed by atoms with Crippen molar-refractivity contribution in [3.8, 4) is 0 Å². The van der Waals surface area contributed by atoms with E-state index in [1.54, 1.807) is 6.07 Å². The van der Waals surface area contributed by atoms with Crippen LogP contribution in [0.25, 0.3) is 0 Å². The lowest BCUT2D eigenvalue weighted by Gasteiger charge is -2.10. The highest BCUT2D eigenvalue weighted by Gasteiger charge is 2.34. The van der Waals surface area contributed by atoms with E-state index in [1.807, 2.05) is 26.0 Å². The first-order chi connectivity index (χ1) is 10.3. The second kappa shape index (κ2) is 6.48. The van der Waals surface area contributed by atoms with Gasteiger partial charge in [-0.1, -0.05) is 6.07 Å². The molecule has 7 heteroatoms. The molecule has 2 rings (SSSR count). The van der Waals surface area contributed by atoms with Gasteiger partial charge in [-0.2, -0.15) is 0 Å². The second-order valence-electron chi connectivity index (χ2n) is 5.55. The predicted octanol–water partition coefficient (Wildman–Crippen LogP) is 1.22. The minimum Gasteiger partial charge on any atom is -0.455 e. The largest absolute Gasteiger partial charge is 0.455 e. The topological polar surface area (TPSA) is 89.5 Å². The monoisotopic (exact) mass is 325 g/mol. The van der Waals surface area contributed by atoms with Crippen molar-refractivity contribution in [2.24, 2.45) is 5.92 Å². The summed E-state index contributed by atoms with van der Waals surface area (Å²) in [4.78, 5) is 23.5. The lowest BCUT2D eigenvalue weighted by atomic mass is 10.1. The van der Waals surface area contributed by atoms with Crippen LogP contribution < -0.4 is 5.32 Å². The molecule has 0 bridgehead atoms. The van der Waals surface area contributed by atoms with Gasteiger partial charge < -0.3 is 10.1 Å². The van der Waals surface area contributed by atoms with E-state index in [-0.39, 0.29) is 17.9 Å². The lowest BCUT2D eigenvalue weighted by Crippen LogP contribution is -2.25. The molecule has 1 aromatic carbocycles. The minimum absolute atomic E-state index is 0.00159. The zero-order valence-electron chi connectivity index (χ0n) is 12.6. The number of nitrogens with one attached hydrogen (secondary N) is 1. The Morgan fingerprint density at radius 3 is 2.59 bits per heavy atom. The molecule has 1 amide bonds. The summed E-state index contributed by atoms with van der Waals surface area (Å²) in [7, 11) is -3.14. The van der Waals surface area contributed by atoms with Crippen molar-refractivity contribution in [2.45, 2.75) is 20.3 Å². The Morgan fingerprint density at radius 1 is 1.27 bits per heavy atom. The maximum Gasteiger partial charge on any atom is 0.310 e. The Hall–Kier alpha value is -1.89. The zero-order valence-corrected chi connectivity index (χ0v) is 13.4. The van der Waals surface area contributed by atoms with E-state index in [0.717, 1.165) is 11.1 Å². The zero-order chi connectivity index (χ0) is 16.3. The first kappa shape index (κ1) is 16.5. The summed E-state index contributed by atoms with van der Waals surface area (Å²) in [6, 6.07) is 5.49. The number of anilines is 1. The van der Waals surface area contributed by atoms with Crippen LogP contribution in [0.2, 0.25) is 0 Å². The molecule has 0 spiro atoms. The smallest absolute Gasteiger partial charge is 0.310 e. The van der Waals surface area contributed by atoms with Crippen molar-refractivity contribution in [3.05, 3.63) is 29.3 Å². The lowest BCUT2D eigenvalue weighted by molar-refractivity contribution is -0.150. The van der Waals surface area contributed by atoms with Gasteiger partial charge in [0.25, 0.3) is 5.91 Å². The fraction of sp³-hybridized carbons (Fsp3) is 0.467. The summed E-state index contributed by atoms with van der Waals surface area (Å²) in [5, 5.41) is 2.64. The van der Waals surface area contributed by atoms with Crippen LogP contribution in [0.3, 0.4) is 0 Å². The number of carbonyl (C=O) groups excluding carboxylic acids is 2. The Balaban J connectivity index is 1.82. The van der Waals surface area contributed by atoms with Crippen molar-refractivity contribution in [1.82, 2.24) is 0 Å². The van der Waals surface area contributed by atoms with Crippen LogP contribution in [0.5, 0.6) is 0 Å².